The van der Waals surface area contributed by atoms with Gasteiger partial charge in [-0.25, -0.2) is 0 Å². The third kappa shape index (κ3) is 5.29. The van der Waals surface area contributed by atoms with Gasteiger partial charge in [-0.2, -0.15) is 0 Å². The van der Waals surface area contributed by atoms with E-state index in [0.29, 0.717) is 51.4 Å². The molecular formula is C15H22ClN3O3. The van der Waals surface area contributed by atoms with Crippen molar-refractivity contribution in [3.63, 3.8) is 0 Å². The van der Waals surface area contributed by atoms with E-state index in [1.54, 1.807) is 17.0 Å². The Morgan fingerprint density at radius 1 is 1.18 bits per heavy atom. The molecule has 1 aliphatic heterocycles. The summed E-state index contributed by atoms with van der Waals surface area (Å²) in [6.45, 7) is 3.24. The Morgan fingerprint density at radius 2 is 1.82 bits per heavy atom. The Labute approximate surface area is 136 Å². The zero-order valence-corrected chi connectivity index (χ0v) is 13.2. The molecule has 0 spiro atoms. The lowest BCUT2D eigenvalue weighted by molar-refractivity contribution is -0.135. The van der Waals surface area contributed by atoms with Crippen LogP contribution in [0.1, 0.15) is 22.3 Å². The van der Waals surface area contributed by atoms with E-state index in [1.165, 1.54) is 0 Å². The van der Waals surface area contributed by atoms with Crippen LogP contribution in [0.5, 0.6) is 0 Å². The molecule has 1 heterocycles. The quantitative estimate of drug-likeness (QED) is 0.827. The number of nitrogens with zero attached hydrogens (tertiary/aromatic N) is 1. The van der Waals surface area contributed by atoms with Crippen LogP contribution in [-0.2, 0) is 16.1 Å². The van der Waals surface area contributed by atoms with E-state index in [1.807, 2.05) is 12.1 Å². The number of ether oxygens (including phenoxy) is 1. The number of rotatable bonds is 5. The maximum atomic E-state index is 11.9. The van der Waals surface area contributed by atoms with Gasteiger partial charge >= 0.3 is 0 Å². The van der Waals surface area contributed by atoms with Crippen molar-refractivity contribution in [3.8, 4) is 0 Å². The van der Waals surface area contributed by atoms with E-state index in [0.717, 1.165) is 5.56 Å². The summed E-state index contributed by atoms with van der Waals surface area (Å²) < 4.78 is 5.20. The first-order valence-corrected chi connectivity index (χ1v) is 7.13. The van der Waals surface area contributed by atoms with Crippen molar-refractivity contribution < 1.29 is 14.3 Å². The molecule has 0 unspecified atom stereocenters. The van der Waals surface area contributed by atoms with Gasteiger partial charge in [0.05, 0.1) is 13.2 Å². The second-order valence-corrected chi connectivity index (χ2v) is 4.90. The first-order valence-electron chi connectivity index (χ1n) is 7.13. The minimum atomic E-state index is -0.173. The molecule has 6 nitrogen and oxygen atoms in total. The van der Waals surface area contributed by atoms with Crippen molar-refractivity contribution in [2.24, 2.45) is 5.73 Å². The van der Waals surface area contributed by atoms with Gasteiger partial charge in [-0.05, 0) is 17.7 Å². The van der Waals surface area contributed by atoms with Gasteiger partial charge in [-0.15, -0.1) is 12.4 Å². The molecule has 122 valence electrons. The summed E-state index contributed by atoms with van der Waals surface area (Å²) in [7, 11) is 0. The Kier molecular flexibility index (Phi) is 7.87. The number of benzene rings is 1. The van der Waals surface area contributed by atoms with Gasteiger partial charge in [-0.3, -0.25) is 9.59 Å². The number of halogens is 1. The van der Waals surface area contributed by atoms with Crippen molar-refractivity contribution >= 4 is 24.2 Å². The van der Waals surface area contributed by atoms with Crippen LogP contribution in [0.25, 0.3) is 0 Å². The molecule has 1 saturated heterocycles. The molecule has 1 aromatic rings. The molecule has 1 fully saturated rings. The van der Waals surface area contributed by atoms with Gasteiger partial charge in [0.25, 0.3) is 5.91 Å². The minimum absolute atomic E-state index is 0. The fourth-order valence-corrected chi connectivity index (χ4v) is 2.15. The largest absolute Gasteiger partial charge is 0.378 e. The number of nitrogens with two attached hydrogens (primary N) is 1. The Bertz CT molecular complexity index is 487. The average molecular weight is 328 g/mol. The summed E-state index contributed by atoms with van der Waals surface area (Å²) in [4.78, 5) is 25.6. The van der Waals surface area contributed by atoms with E-state index < -0.39 is 0 Å². The maximum absolute atomic E-state index is 11.9. The lowest BCUT2D eigenvalue weighted by Gasteiger charge is -2.26. The third-order valence-electron chi connectivity index (χ3n) is 3.44. The fraction of sp³-hybridized carbons (Fsp3) is 0.467. The number of morpholine rings is 1. The predicted molar refractivity (Wildman–Crippen MR) is 85.9 cm³/mol. The summed E-state index contributed by atoms with van der Waals surface area (Å²) in [6, 6.07) is 7.13. The highest BCUT2D eigenvalue weighted by Gasteiger charge is 2.16. The van der Waals surface area contributed by atoms with Crippen LogP contribution >= 0.6 is 12.4 Å². The fourth-order valence-electron chi connectivity index (χ4n) is 2.15. The molecule has 0 aromatic heterocycles. The van der Waals surface area contributed by atoms with Crippen LogP contribution in [0.3, 0.4) is 0 Å². The summed E-state index contributed by atoms with van der Waals surface area (Å²) >= 11 is 0. The topological polar surface area (TPSA) is 84.7 Å². The Morgan fingerprint density at radius 3 is 2.41 bits per heavy atom. The van der Waals surface area contributed by atoms with Crippen LogP contribution < -0.4 is 11.1 Å². The second-order valence-electron chi connectivity index (χ2n) is 4.90. The summed E-state index contributed by atoms with van der Waals surface area (Å²) in [5.41, 5.74) is 7.06. The standard InChI is InChI=1S/C15H21N3O3.ClH/c16-11-12-1-3-13(4-2-12)15(20)17-6-5-14(19)18-7-9-21-10-8-18;/h1-4H,5-11,16H2,(H,17,20);1H. The lowest BCUT2D eigenvalue weighted by Crippen LogP contribution is -2.42. The van der Waals surface area contributed by atoms with Crippen LogP contribution in [0.4, 0.5) is 0 Å². The van der Waals surface area contributed by atoms with E-state index in [4.69, 9.17) is 10.5 Å². The van der Waals surface area contributed by atoms with Crippen molar-refractivity contribution in [2.75, 3.05) is 32.8 Å². The zero-order chi connectivity index (χ0) is 15.1. The smallest absolute Gasteiger partial charge is 0.251 e. The third-order valence-corrected chi connectivity index (χ3v) is 3.44. The Balaban J connectivity index is 0.00000242. The van der Waals surface area contributed by atoms with Crippen molar-refractivity contribution in [1.82, 2.24) is 10.2 Å². The summed E-state index contributed by atoms with van der Waals surface area (Å²) in [5, 5.41) is 2.76. The van der Waals surface area contributed by atoms with E-state index >= 15 is 0 Å². The monoisotopic (exact) mass is 327 g/mol. The predicted octanol–water partition coefficient (Wildman–Crippen LogP) is 0.546. The van der Waals surface area contributed by atoms with E-state index in [9.17, 15) is 9.59 Å². The van der Waals surface area contributed by atoms with Crippen LogP contribution in [0, 0.1) is 0 Å². The van der Waals surface area contributed by atoms with Gasteiger partial charge in [-0.1, -0.05) is 12.1 Å². The normalized spacial score (nSPS) is 14.1. The molecule has 0 bridgehead atoms. The SMILES string of the molecule is Cl.NCc1ccc(C(=O)NCCC(=O)N2CCOCC2)cc1. The number of carbonyl (C=O) groups is 2. The highest BCUT2D eigenvalue weighted by Crippen LogP contribution is 2.04. The van der Waals surface area contributed by atoms with Gasteiger partial charge < -0.3 is 20.7 Å². The van der Waals surface area contributed by atoms with Crippen LogP contribution in [0.15, 0.2) is 24.3 Å². The maximum Gasteiger partial charge on any atom is 0.251 e. The molecule has 2 amide bonds. The molecule has 0 atom stereocenters. The number of amides is 2. The van der Waals surface area contributed by atoms with Gasteiger partial charge in [0.1, 0.15) is 0 Å². The lowest BCUT2D eigenvalue weighted by atomic mass is 10.1. The number of nitrogens with one attached hydrogen (secondary N) is 1. The second kappa shape index (κ2) is 9.40. The zero-order valence-electron chi connectivity index (χ0n) is 12.4. The van der Waals surface area contributed by atoms with E-state index in [-0.39, 0.29) is 24.2 Å². The molecule has 22 heavy (non-hydrogen) atoms. The highest BCUT2D eigenvalue weighted by atomic mass is 35.5. The molecule has 3 N–H and O–H groups in total. The highest BCUT2D eigenvalue weighted by molar-refractivity contribution is 5.94. The minimum Gasteiger partial charge on any atom is -0.378 e. The summed E-state index contributed by atoms with van der Waals surface area (Å²) in [6.07, 6.45) is 0.312. The van der Waals surface area contributed by atoms with Crippen molar-refractivity contribution in [2.45, 2.75) is 13.0 Å². The van der Waals surface area contributed by atoms with Gasteiger partial charge in [0.2, 0.25) is 5.91 Å². The van der Waals surface area contributed by atoms with Crippen LogP contribution in [-0.4, -0.2) is 49.6 Å². The summed E-state index contributed by atoms with van der Waals surface area (Å²) in [5.74, 6) is -0.120. The number of hydrogen-bond acceptors (Lipinski definition) is 4. The molecule has 0 saturated carbocycles. The first-order chi connectivity index (χ1) is 10.2. The van der Waals surface area contributed by atoms with Gasteiger partial charge in [0.15, 0.2) is 0 Å². The molecule has 7 heteroatoms. The molecular weight excluding hydrogens is 306 g/mol. The van der Waals surface area contributed by atoms with Crippen molar-refractivity contribution in [3.05, 3.63) is 35.4 Å². The molecule has 1 aromatic carbocycles. The molecule has 2 rings (SSSR count). The molecule has 0 aliphatic carbocycles. The Hall–Kier alpha value is -1.63. The number of carbonyl (C=O) groups excluding carboxylic acids is 2. The van der Waals surface area contributed by atoms with E-state index in [2.05, 4.69) is 5.32 Å². The molecule has 1 aliphatic rings. The van der Waals surface area contributed by atoms with Crippen LogP contribution in [0.2, 0.25) is 0 Å². The number of hydrogen-bond donors (Lipinski definition) is 2. The molecule has 0 radical (unpaired) electrons. The van der Waals surface area contributed by atoms with Gasteiger partial charge in [0, 0.05) is 38.2 Å². The average Bonchev–Trinajstić information content (AvgIpc) is 2.55. The first kappa shape index (κ1) is 18.4. The van der Waals surface area contributed by atoms with Crippen molar-refractivity contribution in [1.29, 1.82) is 0 Å².